The Balaban J connectivity index is 1.38. The van der Waals surface area contributed by atoms with Gasteiger partial charge in [-0.3, -0.25) is 14.5 Å². The van der Waals surface area contributed by atoms with Crippen molar-refractivity contribution in [2.75, 3.05) is 10.0 Å². The summed E-state index contributed by atoms with van der Waals surface area (Å²) in [6, 6.07) is 26.9. The van der Waals surface area contributed by atoms with E-state index in [0.717, 1.165) is 5.69 Å². The van der Waals surface area contributed by atoms with Gasteiger partial charge in [-0.15, -0.1) is 0 Å². The van der Waals surface area contributed by atoms with Crippen LogP contribution in [0.4, 0.5) is 11.4 Å². The molecule has 0 atom stereocenters. The van der Waals surface area contributed by atoms with Gasteiger partial charge in [0.25, 0.3) is 15.9 Å². The lowest BCUT2D eigenvalue weighted by molar-refractivity contribution is 0.102. The van der Waals surface area contributed by atoms with Crippen molar-refractivity contribution in [2.45, 2.75) is 11.5 Å². The molecule has 1 aromatic heterocycles. The van der Waals surface area contributed by atoms with Gasteiger partial charge in [0.1, 0.15) is 12.4 Å². The average Bonchev–Trinajstić information content (AvgIpc) is 2.84. The molecule has 2 N–H and O–H groups in total. The van der Waals surface area contributed by atoms with Crippen LogP contribution < -0.4 is 14.8 Å². The Labute approximate surface area is 192 Å². The maximum absolute atomic E-state index is 12.6. The second kappa shape index (κ2) is 9.97. The van der Waals surface area contributed by atoms with Gasteiger partial charge >= 0.3 is 0 Å². The fourth-order valence-electron chi connectivity index (χ4n) is 3.01. The number of sulfonamides is 1. The lowest BCUT2D eigenvalue weighted by Gasteiger charge is -2.10. The number of aromatic nitrogens is 1. The van der Waals surface area contributed by atoms with E-state index >= 15 is 0 Å². The minimum atomic E-state index is -3.69. The summed E-state index contributed by atoms with van der Waals surface area (Å²) in [5, 5.41) is 2.82. The van der Waals surface area contributed by atoms with E-state index in [1.54, 1.807) is 72.9 Å². The van der Waals surface area contributed by atoms with Gasteiger partial charge in [-0.25, -0.2) is 8.42 Å². The first-order chi connectivity index (χ1) is 16.0. The van der Waals surface area contributed by atoms with Crippen molar-refractivity contribution in [1.82, 2.24) is 4.98 Å². The molecule has 0 aliphatic rings. The largest absolute Gasteiger partial charge is 0.487 e. The van der Waals surface area contributed by atoms with E-state index in [0.29, 0.717) is 29.3 Å². The van der Waals surface area contributed by atoms with Crippen molar-refractivity contribution in [3.8, 4) is 5.75 Å². The average molecular weight is 460 g/mol. The number of amides is 1. The summed E-state index contributed by atoms with van der Waals surface area (Å²) in [7, 11) is -3.69. The Morgan fingerprint density at radius 1 is 0.818 bits per heavy atom. The van der Waals surface area contributed by atoms with E-state index in [1.807, 2.05) is 18.2 Å². The summed E-state index contributed by atoms with van der Waals surface area (Å²) in [6.45, 7) is 0.318. The van der Waals surface area contributed by atoms with Gasteiger partial charge in [0.15, 0.2) is 0 Å². The fourth-order valence-corrected chi connectivity index (χ4v) is 4.09. The Hall–Kier alpha value is -4.17. The quantitative estimate of drug-likeness (QED) is 0.398. The molecule has 0 spiro atoms. The van der Waals surface area contributed by atoms with E-state index in [-0.39, 0.29) is 10.8 Å². The van der Waals surface area contributed by atoms with Gasteiger partial charge in [0.05, 0.1) is 10.6 Å². The van der Waals surface area contributed by atoms with E-state index < -0.39 is 10.0 Å². The van der Waals surface area contributed by atoms with Gasteiger partial charge in [-0.05, 0) is 60.7 Å². The second-order valence-electron chi connectivity index (χ2n) is 7.09. The van der Waals surface area contributed by atoms with Crippen molar-refractivity contribution in [1.29, 1.82) is 0 Å². The van der Waals surface area contributed by atoms with E-state index in [1.165, 1.54) is 12.1 Å². The van der Waals surface area contributed by atoms with Crippen LogP contribution in [0.25, 0.3) is 0 Å². The molecular formula is C25H21N3O4S. The highest BCUT2D eigenvalue weighted by atomic mass is 32.2. The van der Waals surface area contributed by atoms with Crippen LogP contribution in [0.5, 0.6) is 5.75 Å². The zero-order valence-electron chi connectivity index (χ0n) is 17.5. The molecule has 0 aliphatic carbocycles. The van der Waals surface area contributed by atoms with Crippen LogP contribution in [0.2, 0.25) is 0 Å². The molecule has 0 radical (unpaired) electrons. The van der Waals surface area contributed by atoms with Crippen LogP contribution in [0.15, 0.2) is 108 Å². The zero-order valence-corrected chi connectivity index (χ0v) is 18.3. The predicted octanol–water partition coefficient (Wildman–Crippen LogP) is 4.71. The zero-order chi connectivity index (χ0) is 23.1. The van der Waals surface area contributed by atoms with Crippen molar-refractivity contribution in [3.63, 3.8) is 0 Å². The van der Waals surface area contributed by atoms with Crippen molar-refractivity contribution in [2.24, 2.45) is 0 Å². The third kappa shape index (κ3) is 5.96. The molecule has 7 nitrogen and oxygen atoms in total. The number of carbonyl (C=O) groups excluding carboxylic acids is 1. The number of nitrogens with one attached hydrogen (secondary N) is 2. The van der Waals surface area contributed by atoms with Gasteiger partial charge in [0, 0.05) is 29.2 Å². The number of anilines is 2. The Morgan fingerprint density at radius 3 is 2.30 bits per heavy atom. The molecule has 0 bridgehead atoms. The number of rotatable bonds is 8. The highest BCUT2D eigenvalue weighted by Crippen LogP contribution is 2.20. The number of carbonyl (C=O) groups is 1. The first-order valence-corrected chi connectivity index (χ1v) is 11.6. The first-order valence-electron chi connectivity index (χ1n) is 10.1. The molecule has 33 heavy (non-hydrogen) atoms. The summed E-state index contributed by atoms with van der Waals surface area (Å²) in [5.41, 5.74) is 2.13. The van der Waals surface area contributed by atoms with Gasteiger partial charge in [-0.1, -0.05) is 30.3 Å². The molecule has 0 fully saturated rings. The number of hydrogen-bond acceptors (Lipinski definition) is 5. The van der Waals surface area contributed by atoms with Gasteiger partial charge < -0.3 is 10.1 Å². The smallest absolute Gasteiger partial charge is 0.261 e. The molecule has 166 valence electrons. The van der Waals surface area contributed by atoms with E-state index in [4.69, 9.17) is 4.74 Å². The van der Waals surface area contributed by atoms with E-state index in [9.17, 15) is 13.2 Å². The number of hydrogen-bond donors (Lipinski definition) is 2. The third-order valence-electron chi connectivity index (χ3n) is 4.66. The molecule has 0 unspecified atom stereocenters. The predicted molar refractivity (Wildman–Crippen MR) is 127 cm³/mol. The molecule has 0 saturated heterocycles. The molecule has 1 heterocycles. The third-order valence-corrected chi connectivity index (χ3v) is 6.05. The topological polar surface area (TPSA) is 97.4 Å². The summed E-state index contributed by atoms with van der Waals surface area (Å²) in [5.74, 6) is 0.276. The van der Waals surface area contributed by atoms with Crippen LogP contribution in [0.1, 0.15) is 16.1 Å². The van der Waals surface area contributed by atoms with Gasteiger partial charge in [-0.2, -0.15) is 0 Å². The summed E-state index contributed by atoms with van der Waals surface area (Å²) >= 11 is 0. The van der Waals surface area contributed by atoms with Crippen molar-refractivity contribution < 1.29 is 17.9 Å². The minimum Gasteiger partial charge on any atom is -0.487 e. The summed E-state index contributed by atoms with van der Waals surface area (Å²) < 4.78 is 33.1. The lowest BCUT2D eigenvalue weighted by atomic mass is 10.2. The molecule has 0 aliphatic heterocycles. The Kier molecular flexibility index (Phi) is 6.66. The highest BCUT2D eigenvalue weighted by molar-refractivity contribution is 7.92. The van der Waals surface area contributed by atoms with Gasteiger partial charge in [0.2, 0.25) is 0 Å². The molecule has 8 heteroatoms. The standard InChI is InChI=1S/C25H21N3O4S/c29-25(27-21-8-6-9-23(17-21)32-18-22-7-4-5-16-26-22)19-12-14-20(15-13-19)28-33(30,31)24-10-2-1-3-11-24/h1-17,28H,18H2,(H,27,29). The second-order valence-corrected chi connectivity index (χ2v) is 8.77. The van der Waals surface area contributed by atoms with Crippen molar-refractivity contribution in [3.05, 3.63) is 115 Å². The molecular weight excluding hydrogens is 438 g/mol. The highest BCUT2D eigenvalue weighted by Gasteiger charge is 2.14. The molecule has 4 rings (SSSR count). The van der Waals surface area contributed by atoms with Crippen LogP contribution in [0, 0.1) is 0 Å². The monoisotopic (exact) mass is 459 g/mol. The number of ether oxygens (including phenoxy) is 1. The van der Waals surface area contributed by atoms with Crippen molar-refractivity contribution >= 4 is 27.3 Å². The Morgan fingerprint density at radius 2 is 1.58 bits per heavy atom. The summed E-state index contributed by atoms with van der Waals surface area (Å²) in [4.78, 5) is 17.0. The normalized spacial score (nSPS) is 10.9. The number of nitrogens with zero attached hydrogens (tertiary/aromatic N) is 1. The SMILES string of the molecule is O=C(Nc1cccc(OCc2ccccn2)c1)c1ccc(NS(=O)(=O)c2ccccc2)cc1. The maximum Gasteiger partial charge on any atom is 0.261 e. The fraction of sp³-hybridized carbons (Fsp3) is 0.0400. The number of pyridine rings is 1. The maximum atomic E-state index is 12.6. The minimum absolute atomic E-state index is 0.164. The van der Waals surface area contributed by atoms with Crippen LogP contribution in [-0.2, 0) is 16.6 Å². The molecule has 3 aromatic carbocycles. The first kappa shape index (κ1) is 22.0. The molecule has 4 aromatic rings. The lowest BCUT2D eigenvalue weighted by Crippen LogP contribution is -2.14. The van der Waals surface area contributed by atoms with Crippen LogP contribution >= 0.6 is 0 Å². The Bertz CT molecular complexity index is 1330. The molecule has 0 saturated carbocycles. The number of benzene rings is 3. The van der Waals surface area contributed by atoms with Crippen LogP contribution in [0.3, 0.4) is 0 Å². The summed E-state index contributed by atoms with van der Waals surface area (Å²) in [6.07, 6.45) is 1.70. The van der Waals surface area contributed by atoms with Crippen LogP contribution in [-0.4, -0.2) is 19.3 Å². The van der Waals surface area contributed by atoms with E-state index in [2.05, 4.69) is 15.0 Å². The molecule has 1 amide bonds.